The SMILES string of the molecule is CCn1ncc(Br)c1C(O)c1cc(F)ccc1Br. The molecule has 0 aliphatic rings. The molecule has 0 aliphatic carbocycles. The van der Waals surface area contributed by atoms with Gasteiger partial charge in [0.25, 0.3) is 0 Å². The van der Waals surface area contributed by atoms with Crippen LogP contribution >= 0.6 is 31.9 Å². The molecule has 96 valence electrons. The smallest absolute Gasteiger partial charge is 0.123 e. The lowest BCUT2D eigenvalue weighted by molar-refractivity contribution is 0.206. The summed E-state index contributed by atoms with van der Waals surface area (Å²) in [5.74, 6) is -0.383. The Hall–Kier alpha value is -0.720. The van der Waals surface area contributed by atoms with Crippen LogP contribution in [0.3, 0.4) is 0 Å². The number of nitrogens with zero attached hydrogens (tertiary/aromatic N) is 2. The summed E-state index contributed by atoms with van der Waals surface area (Å²) in [4.78, 5) is 0. The van der Waals surface area contributed by atoms with E-state index < -0.39 is 6.10 Å². The first-order valence-electron chi connectivity index (χ1n) is 5.38. The second kappa shape index (κ2) is 5.50. The maximum Gasteiger partial charge on any atom is 0.123 e. The molecule has 0 radical (unpaired) electrons. The van der Waals surface area contributed by atoms with Gasteiger partial charge >= 0.3 is 0 Å². The van der Waals surface area contributed by atoms with Crippen molar-refractivity contribution >= 4 is 31.9 Å². The maximum absolute atomic E-state index is 13.3. The number of rotatable bonds is 3. The van der Waals surface area contributed by atoms with Crippen LogP contribution < -0.4 is 0 Å². The first-order valence-corrected chi connectivity index (χ1v) is 6.97. The fraction of sp³-hybridized carbons (Fsp3) is 0.250. The molecule has 0 saturated heterocycles. The molecule has 1 atom stereocenters. The minimum atomic E-state index is -0.938. The van der Waals surface area contributed by atoms with Crippen molar-refractivity contribution in [2.45, 2.75) is 19.6 Å². The second-order valence-corrected chi connectivity index (χ2v) is 5.47. The number of benzene rings is 1. The summed E-state index contributed by atoms with van der Waals surface area (Å²) in [6.45, 7) is 2.56. The standard InChI is InChI=1S/C12H11Br2FN2O/c1-2-17-11(10(14)6-16-17)12(18)8-5-7(15)3-4-9(8)13/h3-6,12,18H,2H2,1H3. The van der Waals surface area contributed by atoms with E-state index in [1.54, 1.807) is 16.9 Å². The Balaban J connectivity index is 2.50. The van der Waals surface area contributed by atoms with Gasteiger partial charge < -0.3 is 5.11 Å². The summed E-state index contributed by atoms with van der Waals surface area (Å²) in [6, 6.07) is 4.23. The van der Waals surface area contributed by atoms with E-state index in [0.717, 1.165) is 0 Å². The number of aliphatic hydroxyl groups is 1. The molecule has 6 heteroatoms. The van der Waals surface area contributed by atoms with Crippen LogP contribution in [0.2, 0.25) is 0 Å². The van der Waals surface area contributed by atoms with Crippen molar-refractivity contribution in [2.24, 2.45) is 0 Å². The van der Waals surface area contributed by atoms with Gasteiger partial charge in [0.1, 0.15) is 11.9 Å². The molecule has 3 nitrogen and oxygen atoms in total. The largest absolute Gasteiger partial charge is 0.382 e. The van der Waals surface area contributed by atoms with Gasteiger partial charge in [-0.15, -0.1) is 0 Å². The van der Waals surface area contributed by atoms with E-state index >= 15 is 0 Å². The molecule has 0 spiro atoms. The van der Waals surface area contributed by atoms with Crippen LogP contribution in [0.4, 0.5) is 4.39 Å². The molecule has 0 bridgehead atoms. The zero-order valence-corrected chi connectivity index (χ0v) is 12.7. The van der Waals surface area contributed by atoms with E-state index in [-0.39, 0.29) is 5.82 Å². The van der Waals surface area contributed by atoms with Crippen molar-refractivity contribution in [3.63, 3.8) is 0 Å². The van der Waals surface area contributed by atoms with E-state index in [4.69, 9.17) is 0 Å². The third kappa shape index (κ3) is 2.50. The van der Waals surface area contributed by atoms with Crippen molar-refractivity contribution < 1.29 is 9.50 Å². The average molecular weight is 378 g/mol. The lowest BCUT2D eigenvalue weighted by Gasteiger charge is -2.15. The molecule has 0 saturated carbocycles. The minimum Gasteiger partial charge on any atom is -0.382 e. The minimum absolute atomic E-state index is 0.383. The molecule has 18 heavy (non-hydrogen) atoms. The van der Waals surface area contributed by atoms with Crippen molar-refractivity contribution in [2.75, 3.05) is 0 Å². The molecule has 1 aromatic heterocycles. The quantitative estimate of drug-likeness (QED) is 0.886. The van der Waals surface area contributed by atoms with Crippen LogP contribution in [0.15, 0.2) is 33.3 Å². The zero-order chi connectivity index (χ0) is 13.3. The molecule has 2 aromatic rings. The maximum atomic E-state index is 13.3. The van der Waals surface area contributed by atoms with Gasteiger partial charge in [0.15, 0.2) is 0 Å². The van der Waals surface area contributed by atoms with Crippen molar-refractivity contribution in [1.29, 1.82) is 0 Å². The van der Waals surface area contributed by atoms with E-state index in [0.29, 0.717) is 26.7 Å². The number of hydrogen-bond acceptors (Lipinski definition) is 2. The van der Waals surface area contributed by atoms with E-state index in [1.807, 2.05) is 6.92 Å². The predicted octanol–water partition coefficient (Wildman–Crippen LogP) is 3.65. The lowest BCUT2D eigenvalue weighted by atomic mass is 10.1. The first kappa shape index (κ1) is 13.7. The normalized spacial score (nSPS) is 12.7. The Bertz CT molecular complexity index is 571. The Labute approximate surface area is 121 Å². The van der Waals surface area contributed by atoms with E-state index in [9.17, 15) is 9.50 Å². The molecule has 2 rings (SSSR count). The monoisotopic (exact) mass is 376 g/mol. The van der Waals surface area contributed by atoms with E-state index in [1.165, 1.54) is 12.1 Å². The molecular formula is C12H11Br2FN2O. The Morgan fingerprint density at radius 3 is 2.78 bits per heavy atom. The molecule has 0 aliphatic heterocycles. The topological polar surface area (TPSA) is 38.0 Å². The molecule has 1 heterocycles. The summed E-state index contributed by atoms with van der Waals surface area (Å²) >= 11 is 6.66. The summed E-state index contributed by atoms with van der Waals surface area (Å²) < 4.78 is 16.3. The van der Waals surface area contributed by atoms with Crippen LogP contribution in [0.1, 0.15) is 24.3 Å². The highest BCUT2D eigenvalue weighted by molar-refractivity contribution is 9.10. The van der Waals surface area contributed by atoms with Crippen LogP contribution in [-0.2, 0) is 6.54 Å². The van der Waals surface area contributed by atoms with Gasteiger partial charge in [0.05, 0.1) is 16.4 Å². The number of aliphatic hydroxyl groups excluding tert-OH is 1. The van der Waals surface area contributed by atoms with Gasteiger partial charge in [0.2, 0.25) is 0 Å². The zero-order valence-electron chi connectivity index (χ0n) is 9.57. The number of halogens is 3. The molecule has 1 N–H and O–H groups in total. The highest BCUT2D eigenvalue weighted by atomic mass is 79.9. The third-order valence-electron chi connectivity index (χ3n) is 2.64. The highest BCUT2D eigenvalue weighted by Gasteiger charge is 2.21. The second-order valence-electron chi connectivity index (χ2n) is 3.76. The van der Waals surface area contributed by atoms with Gasteiger partial charge in [0, 0.05) is 16.6 Å². The third-order valence-corrected chi connectivity index (χ3v) is 3.98. The van der Waals surface area contributed by atoms with Crippen LogP contribution in [0.25, 0.3) is 0 Å². The molecular weight excluding hydrogens is 367 g/mol. The summed E-state index contributed by atoms with van der Waals surface area (Å²) in [6.07, 6.45) is 0.682. The predicted molar refractivity (Wildman–Crippen MR) is 73.8 cm³/mol. The van der Waals surface area contributed by atoms with Gasteiger partial charge in [-0.25, -0.2) is 4.39 Å². The average Bonchev–Trinajstić information content (AvgIpc) is 2.72. The van der Waals surface area contributed by atoms with Crippen LogP contribution in [0, 0.1) is 5.82 Å². The van der Waals surface area contributed by atoms with Crippen molar-refractivity contribution in [3.8, 4) is 0 Å². The number of hydrogen-bond donors (Lipinski definition) is 1. The van der Waals surface area contributed by atoms with Crippen LogP contribution in [-0.4, -0.2) is 14.9 Å². The summed E-state index contributed by atoms with van der Waals surface area (Å²) in [5, 5.41) is 14.5. The fourth-order valence-corrected chi connectivity index (χ4v) is 2.74. The van der Waals surface area contributed by atoms with E-state index in [2.05, 4.69) is 37.0 Å². The lowest BCUT2D eigenvalue weighted by Crippen LogP contribution is -2.10. The summed E-state index contributed by atoms with van der Waals surface area (Å²) in [7, 11) is 0. The van der Waals surface area contributed by atoms with Gasteiger partial charge in [-0.05, 0) is 41.1 Å². The first-order chi connectivity index (χ1) is 8.54. The Kier molecular flexibility index (Phi) is 4.19. The Morgan fingerprint density at radius 1 is 1.39 bits per heavy atom. The molecule has 1 unspecified atom stereocenters. The van der Waals surface area contributed by atoms with Crippen molar-refractivity contribution in [3.05, 3.63) is 50.4 Å². The summed E-state index contributed by atoms with van der Waals surface area (Å²) in [5.41, 5.74) is 1.09. The fourth-order valence-electron chi connectivity index (χ4n) is 1.77. The number of aryl methyl sites for hydroxylation is 1. The molecule has 1 aromatic carbocycles. The van der Waals surface area contributed by atoms with Gasteiger partial charge in [-0.1, -0.05) is 15.9 Å². The molecule has 0 fully saturated rings. The van der Waals surface area contributed by atoms with Gasteiger partial charge in [-0.2, -0.15) is 5.10 Å². The highest BCUT2D eigenvalue weighted by Crippen LogP contribution is 2.32. The van der Waals surface area contributed by atoms with Gasteiger partial charge in [-0.3, -0.25) is 4.68 Å². The number of aromatic nitrogens is 2. The van der Waals surface area contributed by atoms with Crippen LogP contribution in [0.5, 0.6) is 0 Å². The van der Waals surface area contributed by atoms with Crippen molar-refractivity contribution in [1.82, 2.24) is 9.78 Å². The Morgan fingerprint density at radius 2 is 2.11 bits per heavy atom. The molecule has 0 amide bonds.